The van der Waals surface area contributed by atoms with E-state index in [1.807, 2.05) is 6.92 Å². The molecule has 0 radical (unpaired) electrons. The van der Waals surface area contributed by atoms with E-state index in [0.717, 1.165) is 12.8 Å². The van der Waals surface area contributed by atoms with Gasteiger partial charge >= 0.3 is 0 Å². The van der Waals surface area contributed by atoms with Gasteiger partial charge in [0, 0.05) is 0 Å². The summed E-state index contributed by atoms with van der Waals surface area (Å²) in [6.45, 7) is 7.45. The molecule has 4 heteroatoms. The smallest absolute Gasteiger partial charge is 0.164 e. The standard InChI is InChI=1S/C12H20N4/c1-5-7-8-12(4,10-14)16-15-11(3,6-2)9-13/h5-8H2,1-4H3/b16-15+. The van der Waals surface area contributed by atoms with E-state index in [0.29, 0.717) is 12.8 Å². The molecular weight excluding hydrogens is 200 g/mol. The minimum atomic E-state index is -0.801. The highest BCUT2D eigenvalue weighted by molar-refractivity contribution is 5.06. The first-order valence-corrected chi connectivity index (χ1v) is 5.72. The van der Waals surface area contributed by atoms with Gasteiger partial charge in [0.25, 0.3) is 0 Å². The predicted molar refractivity (Wildman–Crippen MR) is 62.7 cm³/mol. The van der Waals surface area contributed by atoms with E-state index in [4.69, 9.17) is 10.5 Å². The summed E-state index contributed by atoms with van der Waals surface area (Å²) in [4.78, 5) is 0. The highest BCUT2D eigenvalue weighted by Crippen LogP contribution is 2.22. The molecule has 4 nitrogen and oxygen atoms in total. The van der Waals surface area contributed by atoms with Gasteiger partial charge < -0.3 is 0 Å². The van der Waals surface area contributed by atoms with Crippen LogP contribution in [-0.4, -0.2) is 11.1 Å². The third-order valence-electron chi connectivity index (χ3n) is 2.68. The average molecular weight is 220 g/mol. The van der Waals surface area contributed by atoms with Gasteiger partial charge in [0.15, 0.2) is 11.1 Å². The zero-order chi connectivity index (χ0) is 12.7. The van der Waals surface area contributed by atoms with E-state index in [2.05, 4.69) is 29.3 Å². The Morgan fingerprint density at radius 3 is 1.88 bits per heavy atom. The largest absolute Gasteiger partial charge is 0.196 e. The molecule has 0 heterocycles. The molecule has 2 unspecified atom stereocenters. The first-order chi connectivity index (χ1) is 7.45. The van der Waals surface area contributed by atoms with Gasteiger partial charge in [-0.05, 0) is 26.7 Å². The minimum absolute atomic E-state index is 0.599. The molecule has 88 valence electrons. The minimum Gasteiger partial charge on any atom is -0.196 e. The summed E-state index contributed by atoms with van der Waals surface area (Å²) >= 11 is 0. The van der Waals surface area contributed by atoms with Crippen LogP contribution in [0.1, 0.15) is 53.4 Å². The molecule has 2 atom stereocenters. The molecule has 0 N–H and O–H groups in total. The lowest BCUT2D eigenvalue weighted by Crippen LogP contribution is -2.22. The fourth-order valence-electron chi connectivity index (χ4n) is 1.04. The fraction of sp³-hybridized carbons (Fsp3) is 0.833. The van der Waals surface area contributed by atoms with E-state index >= 15 is 0 Å². The highest BCUT2D eigenvalue weighted by atomic mass is 15.2. The van der Waals surface area contributed by atoms with Gasteiger partial charge in [-0.2, -0.15) is 20.8 Å². The van der Waals surface area contributed by atoms with E-state index in [1.54, 1.807) is 13.8 Å². The molecule has 0 spiro atoms. The lowest BCUT2D eigenvalue weighted by molar-refractivity contribution is 0.449. The van der Waals surface area contributed by atoms with Crippen LogP contribution < -0.4 is 0 Å². The van der Waals surface area contributed by atoms with Crippen LogP contribution in [-0.2, 0) is 0 Å². The summed E-state index contributed by atoms with van der Waals surface area (Å²) in [5, 5.41) is 26.1. The Balaban J connectivity index is 4.73. The number of azo groups is 1. The molecule has 0 amide bonds. The normalized spacial score (nSPS) is 18.4. The SMILES string of the molecule is CCCCC(C)(C#N)/N=N/C(C)(C#N)CC. The quantitative estimate of drug-likeness (QED) is 0.641. The second-order valence-electron chi connectivity index (χ2n) is 4.43. The molecule has 16 heavy (non-hydrogen) atoms. The molecule has 0 aliphatic heterocycles. The van der Waals surface area contributed by atoms with Crippen LogP contribution in [0, 0.1) is 22.7 Å². The highest BCUT2D eigenvalue weighted by Gasteiger charge is 2.26. The summed E-state index contributed by atoms with van der Waals surface area (Å²) in [6.07, 6.45) is 3.26. The van der Waals surface area contributed by atoms with Crippen molar-refractivity contribution in [1.82, 2.24) is 0 Å². The summed E-state index contributed by atoms with van der Waals surface area (Å²) in [7, 11) is 0. The van der Waals surface area contributed by atoms with Crippen molar-refractivity contribution < 1.29 is 0 Å². The maximum atomic E-state index is 9.07. The molecule has 0 fully saturated rings. The molecule has 0 saturated carbocycles. The maximum Gasteiger partial charge on any atom is 0.164 e. The molecule has 0 bridgehead atoms. The zero-order valence-corrected chi connectivity index (χ0v) is 10.6. The molecule has 0 saturated heterocycles. The Labute approximate surface area is 98.0 Å². The van der Waals surface area contributed by atoms with E-state index in [1.165, 1.54) is 0 Å². The van der Waals surface area contributed by atoms with Crippen LogP contribution in [0.5, 0.6) is 0 Å². The molecule has 0 aromatic heterocycles. The Hall–Kier alpha value is -1.42. The van der Waals surface area contributed by atoms with Gasteiger partial charge in [-0.15, -0.1) is 0 Å². The Morgan fingerprint density at radius 1 is 1.00 bits per heavy atom. The summed E-state index contributed by atoms with van der Waals surface area (Å²) < 4.78 is 0. The average Bonchev–Trinajstić information content (AvgIpc) is 2.33. The van der Waals surface area contributed by atoms with Crippen LogP contribution in [0.3, 0.4) is 0 Å². The van der Waals surface area contributed by atoms with Gasteiger partial charge in [-0.25, -0.2) is 0 Å². The second kappa shape index (κ2) is 6.23. The van der Waals surface area contributed by atoms with Crippen molar-refractivity contribution in [2.45, 2.75) is 64.5 Å². The molecule has 0 rings (SSSR count). The molecule has 0 aromatic carbocycles. The van der Waals surface area contributed by atoms with Crippen molar-refractivity contribution >= 4 is 0 Å². The number of nitrogens with zero attached hydrogens (tertiary/aromatic N) is 4. The third-order valence-corrected chi connectivity index (χ3v) is 2.68. The van der Waals surface area contributed by atoms with Gasteiger partial charge in [0.2, 0.25) is 0 Å². The lowest BCUT2D eigenvalue weighted by Gasteiger charge is -2.18. The molecular formula is C12H20N4. The van der Waals surface area contributed by atoms with Crippen molar-refractivity contribution in [1.29, 1.82) is 10.5 Å². The van der Waals surface area contributed by atoms with E-state index in [-0.39, 0.29) is 0 Å². The van der Waals surface area contributed by atoms with E-state index in [9.17, 15) is 0 Å². The Kier molecular flexibility index (Phi) is 5.67. The number of hydrogen-bond donors (Lipinski definition) is 0. The van der Waals surface area contributed by atoms with Gasteiger partial charge in [0.05, 0.1) is 12.1 Å². The summed E-state index contributed by atoms with van der Waals surface area (Å²) in [5.74, 6) is 0. The molecule has 0 aliphatic carbocycles. The molecule has 0 aliphatic rings. The third kappa shape index (κ3) is 4.40. The second-order valence-corrected chi connectivity index (χ2v) is 4.43. The van der Waals surface area contributed by atoms with Crippen LogP contribution in [0.15, 0.2) is 10.2 Å². The molecule has 0 aromatic rings. The monoisotopic (exact) mass is 220 g/mol. The van der Waals surface area contributed by atoms with Gasteiger partial charge in [-0.3, -0.25) is 0 Å². The maximum absolute atomic E-state index is 9.07. The lowest BCUT2D eigenvalue weighted by atomic mass is 9.98. The Bertz CT molecular complexity index is 323. The summed E-state index contributed by atoms with van der Waals surface area (Å²) in [6, 6.07) is 4.28. The fourth-order valence-corrected chi connectivity index (χ4v) is 1.04. The van der Waals surface area contributed by atoms with Crippen molar-refractivity contribution in [3.63, 3.8) is 0 Å². The number of hydrogen-bond acceptors (Lipinski definition) is 4. The van der Waals surface area contributed by atoms with Crippen LogP contribution in [0.4, 0.5) is 0 Å². The van der Waals surface area contributed by atoms with Crippen molar-refractivity contribution in [2.75, 3.05) is 0 Å². The van der Waals surface area contributed by atoms with Crippen LogP contribution in [0.25, 0.3) is 0 Å². The van der Waals surface area contributed by atoms with Crippen molar-refractivity contribution in [2.24, 2.45) is 10.2 Å². The van der Waals surface area contributed by atoms with Crippen LogP contribution >= 0.6 is 0 Å². The number of rotatable bonds is 6. The van der Waals surface area contributed by atoms with Gasteiger partial charge in [0.1, 0.15) is 0 Å². The number of nitriles is 2. The van der Waals surface area contributed by atoms with Crippen molar-refractivity contribution in [3.05, 3.63) is 0 Å². The summed E-state index contributed by atoms with van der Waals surface area (Å²) in [5.41, 5.74) is -1.59. The zero-order valence-electron chi connectivity index (χ0n) is 10.6. The van der Waals surface area contributed by atoms with Crippen molar-refractivity contribution in [3.8, 4) is 12.1 Å². The first kappa shape index (κ1) is 14.6. The van der Waals surface area contributed by atoms with Gasteiger partial charge in [-0.1, -0.05) is 26.7 Å². The predicted octanol–water partition coefficient (Wildman–Crippen LogP) is 3.60. The first-order valence-electron chi connectivity index (χ1n) is 5.72. The topological polar surface area (TPSA) is 72.3 Å². The Morgan fingerprint density at radius 2 is 1.50 bits per heavy atom. The van der Waals surface area contributed by atoms with E-state index < -0.39 is 11.1 Å². The van der Waals surface area contributed by atoms with Crippen LogP contribution in [0.2, 0.25) is 0 Å². The number of unbranched alkanes of at least 4 members (excludes halogenated alkanes) is 1.